The van der Waals surface area contributed by atoms with Gasteiger partial charge < -0.3 is 15.2 Å². The van der Waals surface area contributed by atoms with E-state index in [4.69, 9.17) is 16.3 Å². The van der Waals surface area contributed by atoms with Crippen LogP contribution in [0.2, 0.25) is 5.02 Å². The Balaban J connectivity index is 1.23. The topological polar surface area (TPSA) is 71.5 Å². The quantitative estimate of drug-likeness (QED) is 0.264. The molecule has 1 fully saturated rings. The van der Waals surface area contributed by atoms with Gasteiger partial charge >= 0.3 is 5.97 Å². The van der Waals surface area contributed by atoms with Crippen LogP contribution in [0.1, 0.15) is 67.3 Å². The summed E-state index contributed by atoms with van der Waals surface area (Å²) in [6.45, 7) is -0.0492. The van der Waals surface area contributed by atoms with Gasteiger partial charge in [-0.3, -0.25) is 4.98 Å². The van der Waals surface area contributed by atoms with E-state index in [9.17, 15) is 18.7 Å². The molecule has 1 unspecified atom stereocenters. The number of halogens is 3. The molecule has 0 amide bonds. The van der Waals surface area contributed by atoms with Gasteiger partial charge in [0.2, 0.25) is 6.43 Å². The number of aromatic nitrogens is 1. The Morgan fingerprint density at radius 3 is 2.62 bits per heavy atom. The van der Waals surface area contributed by atoms with Gasteiger partial charge in [-0.25, -0.2) is 13.6 Å². The van der Waals surface area contributed by atoms with Crippen molar-refractivity contribution in [2.75, 3.05) is 11.9 Å². The minimum atomic E-state index is -2.52. The first-order chi connectivity index (χ1) is 20.3. The van der Waals surface area contributed by atoms with Crippen molar-refractivity contribution in [2.24, 2.45) is 11.8 Å². The number of benzene rings is 2. The zero-order valence-corrected chi connectivity index (χ0v) is 24.4. The van der Waals surface area contributed by atoms with Crippen LogP contribution in [0.15, 0.2) is 60.8 Å². The van der Waals surface area contributed by atoms with Crippen molar-refractivity contribution in [2.45, 2.75) is 81.6 Å². The lowest BCUT2D eigenvalue weighted by Crippen LogP contribution is -2.53. The number of aryl methyl sites for hydroxylation is 1. The smallest absolute Gasteiger partial charge is 0.329 e. The lowest BCUT2D eigenvalue weighted by atomic mass is 9.59. The number of hydrogen-bond donors (Lipinski definition) is 2. The largest absolute Gasteiger partial charge is 0.493 e. The average molecular weight is 595 g/mol. The van der Waals surface area contributed by atoms with Crippen LogP contribution in [0.25, 0.3) is 0 Å². The Hall–Kier alpha value is -3.19. The lowest BCUT2D eigenvalue weighted by molar-refractivity contribution is -0.144. The number of carboxylic acid groups (broad SMARTS) is 1. The molecule has 3 aliphatic rings. The Labute approximate surface area is 250 Å². The third-order valence-electron chi connectivity index (χ3n) is 10.0. The van der Waals surface area contributed by atoms with Gasteiger partial charge in [-0.2, -0.15) is 0 Å². The van der Waals surface area contributed by atoms with Gasteiger partial charge in [-0.15, -0.1) is 0 Å². The fraction of sp³-hybridized carbons (Fsp3) is 0.471. The predicted molar refractivity (Wildman–Crippen MR) is 160 cm³/mol. The maximum Gasteiger partial charge on any atom is 0.329 e. The first kappa shape index (κ1) is 28.9. The summed E-state index contributed by atoms with van der Waals surface area (Å²) in [5.41, 5.74) is 3.62. The van der Waals surface area contributed by atoms with Crippen LogP contribution in [-0.4, -0.2) is 34.6 Å². The standard InChI is InChI=1S/C34H37ClF2N2O3/c35-25-7-5-8-26(20-25)39-34(32(40)41)15-13-33(14-16-34)24(18-22-6-1-3-10-28(22)33)19-23(31(36)37)21-42-30-12-17-38-29-11-4-2-9-27(29)30/h1,3,5-8,10,12,17,20,23-24,31,39H,2,4,9,11,13-16,18-19,21H2,(H,40,41)/t23?,24-,33?,34?/m0/s1. The second kappa shape index (κ2) is 11.8. The van der Waals surface area contributed by atoms with Gasteiger partial charge in [0.25, 0.3) is 0 Å². The second-order valence-electron chi connectivity index (χ2n) is 12.3. The summed E-state index contributed by atoms with van der Waals surface area (Å²) in [7, 11) is 0. The third kappa shape index (κ3) is 5.48. The van der Waals surface area contributed by atoms with Crippen LogP contribution in [0.5, 0.6) is 5.75 Å². The second-order valence-corrected chi connectivity index (χ2v) is 12.8. The number of fused-ring (bicyclic) bond motifs is 3. The number of carbonyl (C=O) groups is 1. The number of anilines is 1. The molecule has 0 bridgehead atoms. The van der Waals surface area contributed by atoms with E-state index in [2.05, 4.69) is 22.4 Å². The molecule has 2 N–H and O–H groups in total. The highest BCUT2D eigenvalue weighted by atomic mass is 35.5. The van der Waals surface area contributed by atoms with Gasteiger partial charge in [-0.1, -0.05) is 41.9 Å². The number of nitrogens with one attached hydrogen (secondary N) is 1. The van der Waals surface area contributed by atoms with Crippen LogP contribution >= 0.6 is 11.6 Å². The monoisotopic (exact) mass is 594 g/mol. The number of nitrogens with zero attached hydrogens (tertiary/aromatic N) is 1. The Bertz CT molecular complexity index is 1440. The highest BCUT2D eigenvalue weighted by Gasteiger charge is 2.54. The first-order valence-corrected chi connectivity index (χ1v) is 15.4. The summed E-state index contributed by atoms with van der Waals surface area (Å²) in [5.74, 6) is -1.17. The fourth-order valence-electron chi connectivity index (χ4n) is 7.74. The molecule has 42 heavy (non-hydrogen) atoms. The molecule has 1 saturated carbocycles. The van der Waals surface area contributed by atoms with Crippen molar-refractivity contribution in [1.29, 1.82) is 0 Å². The first-order valence-electron chi connectivity index (χ1n) is 15.0. The number of aliphatic carboxylic acids is 1. The van der Waals surface area contributed by atoms with Crippen molar-refractivity contribution in [3.05, 3.63) is 88.2 Å². The lowest BCUT2D eigenvalue weighted by Gasteiger charge is -2.47. The normalized spacial score (nSPS) is 25.6. The third-order valence-corrected chi connectivity index (χ3v) is 10.2. The number of carboxylic acids is 1. The highest BCUT2D eigenvalue weighted by Crippen LogP contribution is 2.56. The Kier molecular flexibility index (Phi) is 8.14. The molecule has 6 rings (SSSR count). The maximum atomic E-state index is 14.6. The Morgan fingerprint density at radius 1 is 1.07 bits per heavy atom. The van der Waals surface area contributed by atoms with E-state index in [1.165, 1.54) is 11.1 Å². The molecule has 0 saturated heterocycles. The molecule has 2 aromatic carbocycles. The van der Waals surface area contributed by atoms with Gasteiger partial charge in [0, 0.05) is 28.2 Å². The number of pyridine rings is 1. The number of rotatable bonds is 9. The molecular formula is C34H37ClF2N2O3. The van der Waals surface area contributed by atoms with Gasteiger partial charge in [0.15, 0.2) is 0 Å². The predicted octanol–water partition coefficient (Wildman–Crippen LogP) is 7.88. The molecule has 1 spiro atoms. The van der Waals surface area contributed by atoms with E-state index in [0.29, 0.717) is 55.0 Å². The average Bonchev–Trinajstić information content (AvgIpc) is 3.28. The fourth-order valence-corrected chi connectivity index (χ4v) is 7.93. The van der Waals surface area contributed by atoms with E-state index in [1.54, 1.807) is 30.5 Å². The van der Waals surface area contributed by atoms with Crippen molar-refractivity contribution >= 4 is 23.3 Å². The summed E-state index contributed by atoms with van der Waals surface area (Å²) >= 11 is 6.17. The molecule has 0 aliphatic heterocycles. The van der Waals surface area contributed by atoms with Crippen LogP contribution in [0.3, 0.4) is 0 Å². The van der Waals surface area contributed by atoms with Crippen molar-refractivity contribution in [1.82, 2.24) is 4.98 Å². The van der Waals surface area contributed by atoms with E-state index in [-0.39, 0.29) is 17.9 Å². The minimum Gasteiger partial charge on any atom is -0.493 e. The van der Waals surface area contributed by atoms with Gasteiger partial charge in [-0.05, 0) is 111 Å². The minimum absolute atomic E-state index is 0.0261. The molecule has 1 heterocycles. The summed E-state index contributed by atoms with van der Waals surface area (Å²) in [5, 5.41) is 14.2. The van der Waals surface area contributed by atoms with Crippen molar-refractivity contribution < 1.29 is 23.4 Å². The summed E-state index contributed by atoms with van der Waals surface area (Å²) in [6.07, 6.45) is 6.12. The van der Waals surface area contributed by atoms with E-state index < -0.39 is 23.9 Å². The van der Waals surface area contributed by atoms with Crippen LogP contribution < -0.4 is 10.1 Å². The van der Waals surface area contributed by atoms with E-state index in [1.807, 2.05) is 18.2 Å². The number of alkyl halides is 2. The molecule has 2 atom stereocenters. The van der Waals surface area contributed by atoms with Crippen LogP contribution in [0, 0.1) is 11.8 Å². The van der Waals surface area contributed by atoms with Crippen molar-refractivity contribution in [3.8, 4) is 5.75 Å². The van der Waals surface area contributed by atoms with E-state index in [0.717, 1.165) is 36.9 Å². The SMILES string of the molecule is O=C(O)C1(Nc2cccc(Cl)c2)CCC2(CC1)c1ccccc1C[C@H]2CC(COc1ccnc2c1CCCC2)C(F)F. The molecule has 3 aromatic rings. The maximum absolute atomic E-state index is 14.6. The number of hydrogen-bond acceptors (Lipinski definition) is 4. The highest BCUT2D eigenvalue weighted by molar-refractivity contribution is 6.30. The molecule has 0 radical (unpaired) electrons. The molecule has 3 aliphatic carbocycles. The summed E-state index contributed by atoms with van der Waals surface area (Å²) in [6, 6.07) is 17.1. The number of ether oxygens (including phenoxy) is 1. The van der Waals surface area contributed by atoms with E-state index >= 15 is 0 Å². The molecular weight excluding hydrogens is 558 g/mol. The van der Waals surface area contributed by atoms with Crippen LogP contribution in [-0.2, 0) is 29.5 Å². The Morgan fingerprint density at radius 2 is 1.86 bits per heavy atom. The zero-order chi connectivity index (χ0) is 29.3. The summed E-state index contributed by atoms with van der Waals surface area (Å²) in [4.78, 5) is 17.1. The molecule has 222 valence electrons. The van der Waals surface area contributed by atoms with Crippen LogP contribution in [0.4, 0.5) is 14.5 Å². The molecule has 5 nitrogen and oxygen atoms in total. The summed E-state index contributed by atoms with van der Waals surface area (Å²) < 4.78 is 35.3. The molecule has 1 aromatic heterocycles. The van der Waals surface area contributed by atoms with Crippen molar-refractivity contribution in [3.63, 3.8) is 0 Å². The zero-order valence-electron chi connectivity index (χ0n) is 23.6. The van der Waals surface area contributed by atoms with Gasteiger partial charge in [0.1, 0.15) is 11.3 Å². The van der Waals surface area contributed by atoms with Gasteiger partial charge in [0.05, 0.1) is 12.5 Å². The molecule has 8 heteroatoms.